The molecule has 0 saturated carbocycles. The maximum Gasteiger partial charge on any atom is 0.0628 e. The van der Waals surface area contributed by atoms with E-state index < -0.39 is 0 Å². The normalized spacial score (nSPS) is 15.5. The number of nitrogens with one attached hydrogen (secondary N) is 1. The Bertz CT molecular complexity index is 174. The van der Waals surface area contributed by atoms with Crippen molar-refractivity contribution in [3.05, 3.63) is 0 Å². The van der Waals surface area contributed by atoms with Crippen molar-refractivity contribution in [2.45, 2.75) is 52.6 Å². The molecule has 2 atom stereocenters. The predicted molar refractivity (Wildman–Crippen MR) is 75.5 cm³/mol. The molecule has 0 radical (unpaired) electrons. The largest absolute Gasteiger partial charge is 0.383 e. The molecule has 0 aromatic carbocycles. The molecule has 3 heteroatoms. The summed E-state index contributed by atoms with van der Waals surface area (Å²) in [5.41, 5.74) is 0. The van der Waals surface area contributed by atoms with E-state index >= 15 is 0 Å². The SMILES string of the molecule is CCCNC(COC)CN(C)C(C)CC(C)C. The zero-order chi connectivity index (χ0) is 13.3. The summed E-state index contributed by atoms with van der Waals surface area (Å²) in [7, 11) is 3.99. The standard InChI is InChI=1S/C14H32N2O/c1-7-8-15-14(11-17-6)10-16(5)13(4)9-12(2)3/h12-15H,7-11H2,1-6H3. The molecule has 0 bridgehead atoms. The maximum atomic E-state index is 5.27. The Morgan fingerprint density at radius 1 is 1.24 bits per heavy atom. The number of hydrogen-bond donors (Lipinski definition) is 1. The van der Waals surface area contributed by atoms with E-state index in [2.05, 4.69) is 45.0 Å². The van der Waals surface area contributed by atoms with E-state index in [0.29, 0.717) is 12.1 Å². The quantitative estimate of drug-likeness (QED) is 0.638. The number of hydrogen-bond acceptors (Lipinski definition) is 3. The molecule has 0 amide bonds. The topological polar surface area (TPSA) is 24.5 Å². The van der Waals surface area contributed by atoms with E-state index in [4.69, 9.17) is 4.74 Å². The lowest BCUT2D eigenvalue weighted by Gasteiger charge is -2.30. The van der Waals surface area contributed by atoms with Gasteiger partial charge in [0.25, 0.3) is 0 Å². The van der Waals surface area contributed by atoms with Crippen LogP contribution in [0.1, 0.15) is 40.5 Å². The third-order valence-corrected chi connectivity index (χ3v) is 3.12. The van der Waals surface area contributed by atoms with Gasteiger partial charge in [-0.3, -0.25) is 0 Å². The zero-order valence-corrected chi connectivity index (χ0v) is 12.6. The van der Waals surface area contributed by atoms with Crippen LogP contribution in [0.5, 0.6) is 0 Å². The summed E-state index contributed by atoms with van der Waals surface area (Å²) >= 11 is 0. The number of rotatable bonds is 10. The molecule has 0 aromatic rings. The second-order valence-electron chi connectivity index (χ2n) is 5.52. The van der Waals surface area contributed by atoms with Crippen LogP contribution in [0.25, 0.3) is 0 Å². The van der Waals surface area contributed by atoms with Gasteiger partial charge >= 0.3 is 0 Å². The van der Waals surface area contributed by atoms with Gasteiger partial charge < -0.3 is 15.0 Å². The van der Waals surface area contributed by atoms with Gasteiger partial charge in [0.15, 0.2) is 0 Å². The van der Waals surface area contributed by atoms with Crippen molar-refractivity contribution in [3.63, 3.8) is 0 Å². The van der Waals surface area contributed by atoms with Crippen molar-refractivity contribution < 1.29 is 4.74 Å². The van der Waals surface area contributed by atoms with Crippen molar-refractivity contribution in [2.75, 3.05) is 33.9 Å². The monoisotopic (exact) mass is 244 g/mol. The van der Waals surface area contributed by atoms with Crippen LogP contribution in [0.4, 0.5) is 0 Å². The smallest absolute Gasteiger partial charge is 0.0628 e. The van der Waals surface area contributed by atoms with Gasteiger partial charge in [0.1, 0.15) is 0 Å². The van der Waals surface area contributed by atoms with Gasteiger partial charge in [-0.2, -0.15) is 0 Å². The number of nitrogens with zero attached hydrogens (tertiary/aromatic N) is 1. The average molecular weight is 244 g/mol. The molecule has 0 fully saturated rings. The highest BCUT2D eigenvalue weighted by molar-refractivity contribution is 4.74. The van der Waals surface area contributed by atoms with Crippen LogP contribution in [-0.4, -0.2) is 50.8 Å². The lowest BCUT2D eigenvalue weighted by atomic mass is 10.0. The summed E-state index contributed by atoms with van der Waals surface area (Å²) in [6.45, 7) is 12.0. The van der Waals surface area contributed by atoms with Crippen LogP contribution >= 0.6 is 0 Å². The van der Waals surface area contributed by atoms with Crippen molar-refractivity contribution in [3.8, 4) is 0 Å². The fourth-order valence-electron chi connectivity index (χ4n) is 2.12. The van der Waals surface area contributed by atoms with E-state index in [0.717, 1.165) is 25.6 Å². The Morgan fingerprint density at radius 3 is 2.35 bits per heavy atom. The van der Waals surface area contributed by atoms with Gasteiger partial charge in [-0.05, 0) is 39.3 Å². The molecular weight excluding hydrogens is 212 g/mol. The molecule has 1 N–H and O–H groups in total. The Labute approximate surface area is 108 Å². The molecule has 0 aliphatic rings. The van der Waals surface area contributed by atoms with Gasteiger partial charge in [0, 0.05) is 25.7 Å². The lowest BCUT2D eigenvalue weighted by Crippen LogP contribution is -2.45. The molecule has 0 aromatic heterocycles. The first-order chi connectivity index (χ1) is 8.01. The molecule has 0 spiro atoms. The minimum absolute atomic E-state index is 0.444. The third-order valence-electron chi connectivity index (χ3n) is 3.12. The second-order valence-corrected chi connectivity index (χ2v) is 5.52. The van der Waals surface area contributed by atoms with Gasteiger partial charge in [-0.15, -0.1) is 0 Å². The molecule has 0 aliphatic heterocycles. The highest BCUT2D eigenvalue weighted by Gasteiger charge is 2.15. The molecule has 3 nitrogen and oxygen atoms in total. The fraction of sp³-hybridized carbons (Fsp3) is 1.00. The number of likely N-dealkylation sites (N-methyl/N-ethyl adjacent to an activating group) is 1. The summed E-state index contributed by atoms with van der Waals surface area (Å²) < 4.78 is 5.27. The average Bonchev–Trinajstić information content (AvgIpc) is 2.25. The molecular formula is C14H32N2O. The van der Waals surface area contributed by atoms with Gasteiger partial charge in [0.2, 0.25) is 0 Å². The first-order valence-electron chi connectivity index (χ1n) is 6.93. The molecule has 2 unspecified atom stereocenters. The van der Waals surface area contributed by atoms with Crippen LogP contribution in [0.2, 0.25) is 0 Å². The maximum absolute atomic E-state index is 5.27. The van der Waals surface area contributed by atoms with Crippen LogP contribution in [-0.2, 0) is 4.74 Å². The minimum atomic E-state index is 0.444. The van der Waals surface area contributed by atoms with Gasteiger partial charge in [-0.1, -0.05) is 20.8 Å². The Morgan fingerprint density at radius 2 is 1.88 bits per heavy atom. The minimum Gasteiger partial charge on any atom is -0.383 e. The molecule has 0 rings (SSSR count). The highest BCUT2D eigenvalue weighted by Crippen LogP contribution is 2.09. The van der Waals surface area contributed by atoms with Crippen molar-refractivity contribution in [1.82, 2.24) is 10.2 Å². The van der Waals surface area contributed by atoms with Crippen molar-refractivity contribution >= 4 is 0 Å². The second kappa shape index (κ2) is 9.86. The van der Waals surface area contributed by atoms with Gasteiger partial charge in [0.05, 0.1) is 6.61 Å². The van der Waals surface area contributed by atoms with Crippen LogP contribution in [0.3, 0.4) is 0 Å². The van der Waals surface area contributed by atoms with Crippen LogP contribution < -0.4 is 5.32 Å². The lowest BCUT2D eigenvalue weighted by molar-refractivity contribution is 0.130. The first-order valence-corrected chi connectivity index (χ1v) is 6.93. The van der Waals surface area contributed by atoms with Crippen LogP contribution in [0, 0.1) is 5.92 Å². The van der Waals surface area contributed by atoms with E-state index in [1.807, 2.05) is 0 Å². The summed E-state index contributed by atoms with van der Waals surface area (Å²) in [5, 5.41) is 3.54. The number of ether oxygens (including phenoxy) is 1. The summed E-state index contributed by atoms with van der Waals surface area (Å²) in [5.74, 6) is 0.761. The van der Waals surface area contributed by atoms with E-state index in [1.54, 1.807) is 7.11 Å². The Kier molecular flexibility index (Phi) is 9.79. The van der Waals surface area contributed by atoms with E-state index in [-0.39, 0.29) is 0 Å². The van der Waals surface area contributed by atoms with Crippen LogP contribution in [0.15, 0.2) is 0 Å². The fourth-order valence-corrected chi connectivity index (χ4v) is 2.12. The highest BCUT2D eigenvalue weighted by atomic mass is 16.5. The van der Waals surface area contributed by atoms with Gasteiger partial charge in [-0.25, -0.2) is 0 Å². The molecule has 104 valence electrons. The molecule has 0 heterocycles. The summed E-state index contributed by atoms with van der Waals surface area (Å²) in [4.78, 5) is 2.44. The Hall–Kier alpha value is -0.120. The van der Waals surface area contributed by atoms with Crippen molar-refractivity contribution in [1.29, 1.82) is 0 Å². The third kappa shape index (κ3) is 8.58. The number of methoxy groups -OCH3 is 1. The molecule has 0 saturated heterocycles. The molecule has 0 aliphatic carbocycles. The summed E-state index contributed by atoms with van der Waals surface area (Å²) in [6, 6.07) is 1.08. The van der Waals surface area contributed by atoms with Crippen molar-refractivity contribution in [2.24, 2.45) is 5.92 Å². The summed E-state index contributed by atoms with van der Waals surface area (Å²) in [6.07, 6.45) is 2.43. The van der Waals surface area contributed by atoms with E-state index in [9.17, 15) is 0 Å². The van der Waals surface area contributed by atoms with E-state index in [1.165, 1.54) is 12.8 Å². The zero-order valence-electron chi connectivity index (χ0n) is 12.6. The Balaban J connectivity index is 4.04. The predicted octanol–water partition coefficient (Wildman–Crippen LogP) is 2.37. The molecule has 17 heavy (non-hydrogen) atoms. The first kappa shape index (κ1) is 16.9.